The van der Waals surface area contributed by atoms with E-state index in [1.54, 1.807) is 0 Å². The quantitative estimate of drug-likeness (QED) is 0.598. The van der Waals surface area contributed by atoms with Crippen LogP contribution in [0, 0.1) is 0 Å². The lowest BCUT2D eigenvalue weighted by molar-refractivity contribution is -0.721. The van der Waals surface area contributed by atoms with E-state index in [1.165, 1.54) is 5.82 Å². The Labute approximate surface area is 61.9 Å². The molecule has 56 valence electrons. The molecule has 0 radical (unpaired) electrons. The summed E-state index contributed by atoms with van der Waals surface area (Å²) in [4.78, 5) is 3.20. The van der Waals surface area contributed by atoms with E-state index >= 15 is 0 Å². The maximum Gasteiger partial charge on any atom is 0.254 e. The van der Waals surface area contributed by atoms with Gasteiger partial charge in [-0.1, -0.05) is 6.92 Å². The molecule has 10 heavy (non-hydrogen) atoms. The first-order valence-electron chi connectivity index (χ1n) is 3.83. The number of aromatic nitrogens is 2. The van der Waals surface area contributed by atoms with Gasteiger partial charge in [-0.25, -0.2) is 9.55 Å². The van der Waals surface area contributed by atoms with Crippen LogP contribution >= 0.6 is 0 Å². The summed E-state index contributed by atoms with van der Waals surface area (Å²) in [7, 11) is 0. The number of imidazole rings is 1. The highest BCUT2D eigenvalue weighted by Crippen LogP contribution is 1.95. The molecule has 0 aliphatic rings. The normalized spacial score (nSPS) is 10.8. The standard InChI is InChI=1S/C8H14N2/c1-4-8-9-5-6-10(8)7(2)3/h5-7H,4H2,1-3H3/p+1. The summed E-state index contributed by atoms with van der Waals surface area (Å²) in [6, 6.07) is 0.571. The van der Waals surface area contributed by atoms with Gasteiger partial charge in [0.1, 0.15) is 12.4 Å². The summed E-state index contributed by atoms with van der Waals surface area (Å²) in [5.41, 5.74) is 0. The van der Waals surface area contributed by atoms with Gasteiger partial charge in [0, 0.05) is 6.42 Å². The average molecular weight is 139 g/mol. The Hall–Kier alpha value is -0.790. The zero-order valence-electron chi connectivity index (χ0n) is 6.89. The van der Waals surface area contributed by atoms with Gasteiger partial charge in [-0.3, -0.25) is 0 Å². The van der Waals surface area contributed by atoms with Crippen molar-refractivity contribution in [2.24, 2.45) is 0 Å². The zero-order chi connectivity index (χ0) is 7.56. The molecule has 2 heteroatoms. The van der Waals surface area contributed by atoms with Crippen LogP contribution in [-0.2, 0) is 6.42 Å². The Balaban J connectivity index is 2.90. The monoisotopic (exact) mass is 139 g/mol. The van der Waals surface area contributed by atoms with Crippen LogP contribution in [0.5, 0.6) is 0 Å². The van der Waals surface area contributed by atoms with E-state index in [9.17, 15) is 0 Å². The molecule has 0 aromatic carbocycles. The van der Waals surface area contributed by atoms with Crippen molar-refractivity contribution in [3.8, 4) is 0 Å². The fourth-order valence-corrected chi connectivity index (χ4v) is 1.15. The lowest BCUT2D eigenvalue weighted by Crippen LogP contribution is -2.37. The second-order valence-electron chi connectivity index (χ2n) is 2.76. The molecular weight excluding hydrogens is 124 g/mol. The van der Waals surface area contributed by atoms with Crippen LogP contribution in [0.15, 0.2) is 12.4 Å². The number of aromatic amines is 1. The van der Waals surface area contributed by atoms with Gasteiger partial charge in [0.15, 0.2) is 0 Å². The fraction of sp³-hybridized carbons (Fsp3) is 0.625. The fourth-order valence-electron chi connectivity index (χ4n) is 1.15. The van der Waals surface area contributed by atoms with Gasteiger partial charge >= 0.3 is 0 Å². The maximum atomic E-state index is 3.20. The zero-order valence-corrected chi connectivity index (χ0v) is 6.89. The van der Waals surface area contributed by atoms with E-state index in [0.717, 1.165) is 6.42 Å². The molecule has 0 saturated carbocycles. The van der Waals surface area contributed by atoms with Crippen LogP contribution in [0.2, 0.25) is 0 Å². The molecule has 0 atom stereocenters. The van der Waals surface area contributed by atoms with Gasteiger partial charge in [-0.05, 0) is 13.8 Å². The average Bonchev–Trinajstić information content (AvgIpc) is 2.33. The molecule has 1 aromatic rings. The molecule has 0 aliphatic carbocycles. The predicted octanol–water partition coefficient (Wildman–Crippen LogP) is 1.45. The highest BCUT2D eigenvalue weighted by molar-refractivity contribution is 4.75. The molecule has 0 aliphatic heterocycles. The minimum absolute atomic E-state index is 0.571. The molecule has 0 bridgehead atoms. The van der Waals surface area contributed by atoms with Crippen LogP contribution < -0.4 is 4.57 Å². The first-order chi connectivity index (χ1) is 4.75. The Morgan fingerprint density at radius 2 is 2.30 bits per heavy atom. The highest BCUT2D eigenvalue weighted by atomic mass is 15.1. The molecule has 1 aromatic heterocycles. The second-order valence-corrected chi connectivity index (χ2v) is 2.76. The number of H-pyrrole nitrogens is 1. The van der Waals surface area contributed by atoms with Crippen LogP contribution in [-0.4, -0.2) is 4.98 Å². The largest absolute Gasteiger partial charge is 0.254 e. The van der Waals surface area contributed by atoms with Gasteiger partial charge in [0.2, 0.25) is 0 Å². The molecular formula is C8H15N2+. The van der Waals surface area contributed by atoms with Gasteiger partial charge < -0.3 is 0 Å². The summed E-state index contributed by atoms with van der Waals surface area (Å²) < 4.78 is 2.25. The van der Waals surface area contributed by atoms with E-state index in [-0.39, 0.29) is 0 Å². The number of hydrogen-bond donors (Lipinski definition) is 1. The summed E-state index contributed by atoms with van der Waals surface area (Å²) in [5, 5.41) is 0. The number of nitrogens with one attached hydrogen (secondary N) is 1. The van der Waals surface area contributed by atoms with Crippen molar-refractivity contribution >= 4 is 0 Å². The van der Waals surface area contributed by atoms with Crippen molar-refractivity contribution in [2.75, 3.05) is 0 Å². The maximum absolute atomic E-state index is 3.20. The van der Waals surface area contributed by atoms with Crippen LogP contribution in [0.25, 0.3) is 0 Å². The number of rotatable bonds is 2. The SMILES string of the molecule is CCc1[nH]cc[n+]1C(C)C. The van der Waals surface area contributed by atoms with Crippen molar-refractivity contribution in [3.05, 3.63) is 18.2 Å². The van der Waals surface area contributed by atoms with Gasteiger partial charge in [0.25, 0.3) is 5.82 Å². The summed E-state index contributed by atoms with van der Waals surface area (Å²) >= 11 is 0. The predicted molar refractivity (Wildman–Crippen MR) is 40.8 cm³/mol. The molecule has 0 fully saturated rings. The topological polar surface area (TPSA) is 19.7 Å². The van der Waals surface area contributed by atoms with Crippen LogP contribution in [0.3, 0.4) is 0 Å². The third-order valence-electron chi connectivity index (χ3n) is 1.69. The van der Waals surface area contributed by atoms with Crippen molar-refractivity contribution in [3.63, 3.8) is 0 Å². The lowest BCUT2D eigenvalue weighted by Gasteiger charge is -2.00. The molecule has 1 N–H and O–H groups in total. The van der Waals surface area contributed by atoms with Gasteiger partial charge in [0.05, 0.1) is 6.04 Å². The van der Waals surface area contributed by atoms with E-state index in [4.69, 9.17) is 0 Å². The second kappa shape index (κ2) is 2.86. The number of nitrogens with zero attached hydrogens (tertiary/aromatic N) is 1. The van der Waals surface area contributed by atoms with Crippen molar-refractivity contribution in [1.82, 2.24) is 4.98 Å². The van der Waals surface area contributed by atoms with Crippen LogP contribution in [0.1, 0.15) is 32.6 Å². The molecule has 1 rings (SSSR count). The smallest absolute Gasteiger partial charge is 0.248 e. The van der Waals surface area contributed by atoms with Gasteiger partial charge in [-0.2, -0.15) is 0 Å². The Morgan fingerprint density at radius 1 is 1.60 bits per heavy atom. The highest BCUT2D eigenvalue weighted by Gasteiger charge is 2.09. The Kier molecular flexibility index (Phi) is 2.10. The Morgan fingerprint density at radius 3 is 2.70 bits per heavy atom. The van der Waals surface area contributed by atoms with Crippen LogP contribution in [0.4, 0.5) is 0 Å². The van der Waals surface area contributed by atoms with Crippen molar-refractivity contribution in [2.45, 2.75) is 33.2 Å². The first-order valence-corrected chi connectivity index (χ1v) is 3.83. The van der Waals surface area contributed by atoms with Gasteiger partial charge in [-0.15, -0.1) is 0 Å². The van der Waals surface area contributed by atoms with E-state index in [1.807, 2.05) is 6.20 Å². The van der Waals surface area contributed by atoms with E-state index < -0.39 is 0 Å². The third kappa shape index (κ3) is 1.20. The summed E-state index contributed by atoms with van der Waals surface area (Å²) in [6.07, 6.45) is 5.15. The summed E-state index contributed by atoms with van der Waals surface area (Å²) in [6.45, 7) is 6.53. The number of hydrogen-bond acceptors (Lipinski definition) is 0. The molecule has 0 spiro atoms. The lowest BCUT2D eigenvalue weighted by atomic mass is 10.3. The number of aryl methyl sites for hydroxylation is 1. The molecule has 0 unspecified atom stereocenters. The minimum Gasteiger partial charge on any atom is -0.248 e. The van der Waals surface area contributed by atoms with Crippen molar-refractivity contribution < 1.29 is 4.57 Å². The van der Waals surface area contributed by atoms with E-state index in [2.05, 4.69) is 36.5 Å². The first kappa shape index (κ1) is 7.32. The Bertz CT molecular complexity index is 201. The minimum atomic E-state index is 0.571. The van der Waals surface area contributed by atoms with Crippen molar-refractivity contribution in [1.29, 1.82) is 0 Å². The molecule has 1 heterocycles. The third-order valence-corrected chi connectivity index (χ3v) is 1.69. The molecule has 2 nitrogen and oxygen atoms in total. The molecule has 0 amide bonds. The summed E-state index contributed by atoms with van der Waals surface area (Å²) in [5.74, 6) is 1.30. The molecule has 0 saturated heterocycles. The van der Waals surface area contributed by atoms with E-state index in [0.29, 0.717) is 6.04 Å².